The van der Waals surface area contributed by atoms with Crippen LogP contribution in [0.1, 0.15) is 47.1 Å². The first-order valence-electron chi connectivity index (χ1n) is 13.7. The van der Waals surface area contributed by atoms with Crippen molar-refractivity contribution in [1.82, 2.24) is 19.4 Å². The van der Waals surface area contributed by atoms with Crippen molar-refractivity contribution < 1.29 is 37.3 Å². The zero-order valence-electron chi connectivity index (χ0n) is 24.0. The van der Waals surface area contributed by atoms with Gasteiger partial charge in [0.1, 0.15) is 17.7 Å². The predicted octanol–water partition coefficient (Wildman–Crippen LogP) is 2.92. The van der Waals surface area contributed by atoms with E-state index >= 15 is 0 Å². The van der Waals surface area contributed by atoms with E-state index in [2.05, 4.69) is 5.32 Å². The summed E-state index contributed by atoms with van der Waals surface area (Å²) >= 11 is 0. The molecule has 0 aliphatic carbocycles. The van der Waals surface area contributed by atoms with E-state index in [0.29, 0.717) is 43.8 Å². The molecule has 2 amide bonds. The summed E-state index contributed by atoms with van der Waals surface area (Å²) in [5.74, 6) is -0.935. The number of carbonyl (C=O) groups excluding carboxylic acids is 2. The molecule has 13 heteroatoms. The Morgan fingerprint density at radius 2 is 1.86 bits per heavy atom. The number of halogens is 3. The summed E-state index contributed by atoms with van der Waals surface area (Å²) in [5, 5.41) is 11.8. The number of amides is 2. The number of likely N-dealkylation sites (tertiary alicyclic amines) is 1. The molecule has 10 nitrogen and oxygen atoms in total. The molecular weight excluding hydrogens is 557 g/mol. The zero-order valence-corrected chi connectivity index (χ0v) is 24.0. The van der Waals surface area contributed by atoms with Crippen LogP contribution < -0.4 is 20.3 Å². The second-order valence-corrected chi connectivity index (χ2v) is 10.4. The Bertz CT molecular complexity index is 1540. The summed E-state index contributed by atoms with van der Waals surface area (Å²) < 4.78 is 53.3. The van der Waals surface area contributed by atoms with Gasteiger partial charge in [-0.15, -0.1) is 0 Å². The normalized spacial score (nSPS) is 14.3. The van der Waals surface area contributed by atoms with Gasteiger partial charge in [0.15, 0.2) is 18.1 Å². The average Bonchev–Trinajstić information content (AvgIpc) is 3.25. The molecule has 0 radical (unpaired) electrons. The summed E-state index contributed by atoms with van der Waals surface area (Å²) in [5.41, 5.74) is 1.83. The van der Waals surface area contributed by atoms with Gasteiger partial charge in [0, 0.05) is 31.9 Å². The number of ether oxygens (including phenoxy) is 2. The number of nitrogens with one attached hydrogen (secondary N) is 1. The number of aromatic nitrogens is 2. The summed E-state index contributed by atoms with van der Waals surface area (Å²) in [6.07, 6.45) is -3.47. The quantitative estimate of drug-likeness (QED) is 0.395. The number of aliphatic hydroxyl groups excluding tert-OH is 1. The van der Waals surface area contributed by atoms with Gasteiger partial charge < -0.3 is 33.9 Å². The van der Waals surface area contributed by atoms with Crippen molar-refractivity contribution in [3.63, 3.8) is 0 Å². The van der Waals surface area contributed by atoms with Gasteiger partial charge in [-0.1, -0.05) is 13.0 Å². The van der Waals surface area contributed by atoms with E-state index in [1.54, 1.807) is 18.2 Å². The molecule has 0 bridgehead atoms. The van der Waals surface area contributed by atoms with Crippen LogP contribution in [0.25, 0.3) is 10.9 Å². The molecule has 2 aromatic heterocycles. The van der Waals surface area contributed by atoms with Crippen LogP contribution in [0, 0.1) is 6.92 Å². The van der Waals surface area contributed by atoms with Crippen LogP contribution in [0.4, 0.5) is 13.2 Å². The Labute approximate surface area is 240 Å². The Balaban J connectivity index is 1.78. The number of carbonyl (C=O) groups is 2. The average molecular weight is 593 g/mol. The highest BCUT2D eigenvalue weighted by Gasteiger charge is 2.34. The van der Waals surface area contributed by atoms with Gasteiger partial charge in [0.2, 0.25) is 5.91 Å². The highest BCUT2D eigenvalue weighted by atomic mass is 19.4. The summed E-state index contributed by atoms with van der Waals surface area (Å²) in [7, 11) is 3.04. The number of nitrogens with zero attached hydrogens (tertiary/aromatic N) is 3. The van der Waals surface area contributed by atoms with Crippen molar-refractivity contribution in [3.05, 3.63) is 57.1 Å². The van der Waals surface area contributed by atoms with Gasteiger partial charge in [-0.2, -0.15) is 13.2 Å². The SMILES string of the molecule is CCc1cc2c(c(OCC(F)(F)F)c(C(=O)NC3CCN(C(=O)CO)CC3)n2C)c(=O)n1Cc1cc(OC)ccc1C. The Kier molecular flexibility index (Phi) is 9.19. The monoisotopic (exact) mass is 592 g/mol. The van der Waals surface area contributed by atoms with Crippen molar-refractivity contribution in [1.29, 1.82) is 0 Å². The first kappa shape index (κ1) is 30.9. The molecule has 42 heavy (non-hydrogen) atoms. The molecule has 0 unspecified atom stereocenters. The summed E-state index contributed by atoms with van der Waals surface area (Å²) in [6, 6.07) is 6.78. The fourth-order valence-electron chi connectivity index (χ4n) is 5.31. The number of aliphatic hydroxyl groups is 1. The van der Waals surface area contributed by atoms with Crippen LogP contribution in [-0.2, 0) is 24.8 Å². The lowest BCUT2D eigenvalue weighted by atomic mass is 10.0. The Morgan fingerprint density at radius 3 is 2.45 bits per heavy atom. The third-order valence-electron chi connectivity index (χ3n) is 7.66. The van der Waals surface area contributed by atoms with Crippen LogP contribution in [0.15, 0.2) is 29.1 Å². The third-order valence-corrected chi connectivity index (χ3v) is 7.66. The zero-order chi connectivity index (χ0) is 30.8. The van der Waals surface area contributed by atoms with E-state index in [9.17, 15) is 27.6 Å². The molecule has 228 valence electrons. The number of pyridine rings is 1. The van der Waals surface area contributed by atoms with E-state index in [0.717, 1.165) is 11.1 Å². The second kappa shape index (κ2) is 12.5. The van der Waals surface area contributed by atoms with Gasteiger partial charge in [0.05, 0.1) is 19.2 Å². The van der Waals surface area contributed by atoms with Gasteiger partial charge in [-0.05, 0) is 55.5 Å². The Hall–Kier alpha value is -4.00. The van der Waals surface area contributed by atoms with Crippen molar-refractivity contribution >= 4 is 22.7 Å². The molecule has 1 saturated heterocycles. The molecule has 2 N–H and O–H groups in total. The topological polar surface area (TPSA) is 115 Å². The van der Waals surface area contributed by atoms with Gasteiger partial charge in [-0.3, -0.25) is 14.4 Å². The lowest BCUT2D eigenvalue weighted by molar-refractivity contribution is -0.153. The molecule has 3 heterocycles. The van der Waals surface area contributed by atoms with Crippen LogP contribution in [0.5, 0.6) is 11.5 Å². The van der Waals surface area contributed by atoms with Crippen LogP contribution >= 0.6 is 0 Å². The minimum absolute atomic E-state index is 0.118. The van der Waals surface area contributed by atoms with Crippen molar-refractivity contribution in [3.8, 4) is 11.5 Å². The maximum Gasteiger partial charge on any atom is 0.422 e. The van der Waals surface area contributed by atoms with Crippen molar-refractivity contribution in [2.24, 2.45) is 7.05 Å². The highest BCUT2D eigenvalue weighted by molar-refractivity contribution is 6.04. The molecule has 1 aromatic carbocycles. The van der Waals surface area contributed by atoms with Crippen LogP contribution in [0.3, 0.4) is 0 Å². The standard InChI is InChI=1S/C29H35F3N4O6/c1-5-20-13-22-24(28(40)36(20)14-18-12-21(41-4)7-6-17(18)2)26(42-16-29(30,31)32)25(34(22)3)27(39)33-19-8-10-35(11-9-19)23(38)15-37/h6-7,12-13,19,37H,5,8-11,14-16H2,1-4H3,(H,33,39). The predicted molar refractivity (Wildman–Crippen MR) is 149 cm³/mol. The number of aryl methyl sites for hydroxylation is 3. The van der Waals surface area contributed by atoms with Crippen LogP contribution in [0.2, 0.25) is 0 Å². The third kappa shape index (κ3) is 6.40. The number of hydrogen-bond acceptors (Lipinski definition) is 6. The first-order chi connectivity index (χ1) is 19.9. The van der Waals surface area contributed by atoms with E-state index in [1.165, 1.54) is 28.2 Å². The molecule has 3 aromatic rings. The summed E-state index contributed by atoms with van der Waals surface area (Å²) in [6.45, 7) is 2.22. The number of alkyl halides is 3. The lowest BCUT2D eigenvalue weighted by Crippen LogP contribution is -2.47. The maximum atomic E-state index is 14.0. The molecule has 0 atom stereocenters. The number of rotatable bonds is 9. The van der Waals surface area contributed by atoms with Crippen molar-refractivity contribution in [2.45, 2.75) is 51.9 Å². The largest absolute Gasteiger partial charge is 0.497 e. The van der Waals surface area contributed by atoms with E-state index in [1.807, 2.05) is 19.9 Å². The molecule has 0 spiro atoms. The van der Waals surface area contributed by atoms with E-state index in [4.69, 9.17) is 14.6 Å². The van der Waals surface area contributed by atoms with Gasteiger partial charge in [0.25, 0.3) is 11.5 Å². The number of methoxy groups -OCH3 is 1. The molecule has 1 fully saturated rings. The molecular formula is C29H35F3N4O6. The lowest BCUT2D eigenvalue weighted by Gasteiger charge is -2.32. The first-order valence-corrected chi connectivity index (χ1v) is 13.7. The van der Waals surface area contributed by atoms with Gasteiger partial charge in [-0.25, -0.2) is 0 Å². The number of hydrogen-bond donors (Lipinski definition) is 2. The maximum absolute atomic E-state index is 14.0. The fraction of sp³-hybridized carbons (Fsp3) is 0.483. The fourth-order valence-corrected chi connectivity index (χ4v) is 5.31. The molecule has 0 saturated carbocycles. The summed E-state index contributed by atoms with van der Waals surface area (Å²) in [4.78, 5) is 40.8. The number of piperidine rings is 1. The molecule has 4 rings (SSSR count). The number of fused-ring (bicyclic) bond motifs is 1. The smallest absolute Gasteiger partial charge is 0.422 e. The van der Waals surface area contributed by atoms with E-state index in [-0.39, 0.29) is 29.2 Å². The number of benzene rings is 1. The molecule has 1 aliphatic rings. The minimum atomic E-state index is -4.71. The van der Waals surface area contributed by atoms with Crippen molar-refractivity contribution in [2.75, 3.05) is 33.4 Å². The van der Waals surface area contributed by atoms with E-state index < -0.39 is 42.5 Å². The molecule has 1 aliphatic heterocycles. The van der Waals surface area contributed by atoms with Gasteiger partial charge >= 0.3 is 6.18 Å². The Morgan fingerprint density at radius 1 is 1.17 bits per heavy atom. The van der Waals surface area contributed by atoms with Crippen LogP contribution in [-0.4, -0.2) is 76.6 Å². The minimum Gasteiger partial charge on any atom is -0.497 e. The second-order valence-electron chi connectivity index (χ2n) is 10.4. The highest BCUT2D eigenvalue weighted by Crippen LogP contribution is 2.33.